The first-order valence-corrected chi connectivity index (χ1v) is 4.69. The minimum atomic E-state index is -1.33. The third-order valence-corrected chi connectivity index (χ3v) is 1.39. The van der Waals surface area contributed by atoms with Gasteiger partial charge in [0, 0.05) is 6.07 Å². The van der Waals surface area contributed by atoms with Crippen LogP contribution in [0.2, 0.25) is 0 Å². The molecule has 1 aromatic carbocycles. The summed E-state index contributed by atoms with van der Waals surface area (Å²) in [5.74, 6) is -2.47. The summed E-state index contributed by atoms with van der Waals surface area (Å²) in [7, 11) is 0. The maximum atomic E-state index is 12.8. The number of hydrogen-bond acceptors (Lipinski definition) is 3. The van der Waals surface area contributed by atoms with Gasteiger partial charge < -0.3 is 5.11 Å². The number of nitrogens with zero attached hydrogens (tertiary/aromatic N) is 1. The van der Waals surface area contributed by atoms with Gasteiger partial charge in [0.2, 0.25) is 5.82 Å². The van der Waals surface area contributed by atoms with Crippen molar-refractivity contribution in [1.29, 1.82) is 0 Å². The fourth-order valence-electron chi connectivity index (χ4n) is 0.788. The van der Waals surface area contributed by atoms with Crippen molar-refractivity contribution in [2.75, 3.05) is 0 Å². The molecule has 0 saturated carbocycles. The average Bonchev–Trinajstić information content (AvgIpc) is 2.33. The van der Waals surface area contributed by atoms with E-state index in [1.165, 1.54) is 0 Å². The van der Waals surface area contributed by atoms with Gasteiger partial charge in [-0.25, -0.2) is 4.79 Å². The van der Waals surface area contributed by atoms with Gasteiger partial charge >= 0.3 is 11.7 Å². The molecule has 0 aromatic heterocycles. The van der Waals surface area contributed by atoms with Gasteiger partial charge in [0.25, 0.3) is 0 Å². The Bertz CT molecular complexity index is 393. The number of nitro benzene ring substituents is 1. The van der Waals surface area contributed by atoms with E-state index < -0.39 is 22.4 Å². The maximum absolute atomic E-state index is 12.8. The second-order valence-electron chi connectivity index (χ2n) is 2.23. The van der Waals surface area contributed by atoms with E-state index in [9.17, 15) is 19.3 Å². The summed E-state index contributed by atoms with van der Waals surface area (Å²) >= 11 is 0. The van der Waals surface area contributed by atoms with Gasteiger partial charge in [-0.2, -0.15) is 4.39 Å². The summed E-state index contributed by atoms with van der Waals surface area (Å²) in [4.78, 5) is 19.5. The lowest BCUT2D eigenvalue weighted by molar-refractivity contribution is -0.387. The molecule has 17 heavy (non-hydrogen) atoms. The highest BCUT2D eigenvalue weighted by atomic mass is 19.1. The molecule has 1 rings (SSSR count). The molecule has 0 bridgehead atoms. The Morgan fingerprint density at radius 3 is 2.18 bits per heavy atom. The number of hydrogen-bond donors (Lipinski definition) is 1. The predicted octanol–water partition coefficient (Wildman–Crippen LogP) is 3.26. The fourth-order valence-corrected chi connectivity index (χ4v) is 0.788. The highest BCUT2D eigenvalue weighted by Gasteiger charge is 2.15. The van der Waals surface area contributed by atoms with Crippen LogP contribution in [0, 0.1) is 15.9 Å². The number of carbonyl (C=O) groups is 1. The number of carboxylic acids is 1. The van der Waals surface area contributed by atoms with Crippen molar-refractivity contribution >= 4 is 11.7 Å². The van der Waals surface area contributed by atoms with Gasteiger partial charge in [-0.05, 0) is 12.1 Å². The van der Waals surface area contributed by atoms with Crippen LogP contribution in [0.5, 0.6) is 0 Å². The molecular weight excluding hydrogens is 229 g/mol. The standard InChI is InChI=1S/C7H4FNO4.C2H6.C2H4/c8-5-3-4(7(10)11)1-2-6(5)9(12)13;2*1-2/h1-3H,(H,10,11);1-2H3;1-2H2. The van der Waals surface area contributed by atoms with E-state index in [1.807, 2.05) is 13.8 Å². The second-order valence-corrected chi connectivity index (χ2v) is 2.23. The van der Waals surface area contributed by atoms with Crippen molar-refractivity contribution in [3.63, 3.8) is 0 Å². The smallest absolute Gasteiger partial charge is 0.335 e. The van der Waals surface area contributed by atoms with Gasteiger partial charge in [-0.3, -0.25) is 10.1 Å². The summed E-state index contributed by atoms with van der Waals surface area (Å²) in [6, 6.07) is 2.41. The Hall–Kier alpha value is -2.24. The first-order valence-electron chi connectivity index (χ1n) is 4.69. The number of halogens is 1. The third kappa shape index (κ3) is 5.41. The Kier molecular flexibility index (Phi) is 9.11. The van der Waals surface area contributed by atoms with Crippen LogP contribution in [0.15, 0.2) is 31.4 Å². The molecule has 1 N–H and O–H groups in total. The highest BCUT2D eigenvalue weighted by molar-refractivity contribution is 5.87. The Morgan fingerprint density at radius 2 is 1.88 bits per heavy atom. The molecule has 0 aliphatic carbocycles. The SMILES string of the molecule is C=C.CC.O=C(O)c1ccc([N+](=O)[O-])c(F)c1. The molecule has 1 aromatic rings. The molecule has 0 saturated heterocycles. The highest BCUT2D eigenvalue weighted by Crippen LogP contribution is 2.17. The van der Waals surface area contributed by atoms with E-state index in [2.05, 4.69) is 13.2 Å². The molecule has 6 heteroatoms. The minimum Gasteiger partial charge on any atom is -0.478 e. The topological polar surface area (TPSA) is 80.4 Å². The van der Waals surface area contributed by atoms with Crippen LogP contribution in [0.1, 0.15) is 24.2 Å². The van der Waals surface area contributed by atoms with E-state index in [4.69, 9.17) is 5.11 Å². The summed E-state index contributed by atoms with van der Waals surface area (Å²) in [5.41, 5.74) is -1.05. The van der Waals surface area contributed by atoms with Gasteiger partial charge in [-0.1, -0.05) is 13.8 Å². The number of nitro groups is 1. The zero-order valence-corrected chi connectivity index (χ0v) is 9.64. The van der Waals surface area contributed by atoms with E-state index >= 15 is 0 Å². The largest absolute Gasteiger partial charge is 0.478 e. The molecular formula is C11H14FNO4. The molecule has 0 radical (unpaired) electrons. The normalized spacial score (nSPS) is 7.94. The number of rotatable bonds is 2. The van der Waals surface area contributed by atoms with Crippen LogP contribution in [-0.4, -0.2) is 16.0 Å². The predicted molar refractivity (Wildman–Crippen MR) is 62.6 cm³/mol. The molecule has 0 spiro atoms. The molecule has 0 aliphatic rings. The zero-order valence-electron chi connectivity index (χ0n) is 9.64. The lowest BCUT2D eigenvalue weighted by atomic mass is 10.2. The van der Waals surface area contributed by atoms with E-state index in [0.29, 0.717) is 6.07 Å². The number of carboxylic acid groups (broad SMARTS) is 1. The average molecular weight is 243 g/mol. The number of benzene rings is 1. The number of aromatic carboxylic acids is 1. The minimum absolute atomic E-state index is 0.317. The van der Waals surface area contributed by atoms with Gasteiger partial charge in [0.05, 0.1) is 10.5 Å². The van der Waals surface area contributed by atoms with Crippen LogP contribution in [0.25, 0.3) is 0 Å². The van der Waals surface area contributed by atoms with Crippen LogP contribution >= 0.6 is 0 Å². The van der Waals surface area contributed by atoms with Gasteiger partial charge in [0.15, 0.2) is 0 Å². The molecule has 0 atom stereocenters. The zero-order chi connectivity index (χ0) is 14.0. The molecule has 0 amide bonds. The van der Waals surface area contributed by atoms with E-state index in [1.54, 1.807) is 0 Å². The van der Waals surface area contributed by atoms with Crippen LogP contribution in [0.4, 0.5) is 10.1 Å². The summed E-state index contributed by atoms with van der Waals surface area (Å²) in [6.07, 6.45) is 0. The van der Waals surface area contributed by atoms with Crippen LogP contribution in [-0.2, 0) is 0 Å². The van der Waals surface area contributed by atoms with E-state index in [0.717, 1.165) is 12.1 Å². The summed E-state index contributed by atoms with van der Waals surface area (Å²) < 4.78 is 12.8. The third-order valence-electron chi connectivity index (χ3n) is 1.39. The fraction of sp³-hybridized carbons (Fsp3) is 0.182. The van der Waals surface area contributed by atoms with E-state index in [-0.39, 0.29) is 5.56 Å². The van der Waals surface area contributed by atoms with Crippen molar-refractivity contribution in [1.82, 2.24) is 0 Å². The molecule has 94 valence electrons. The van der Waals surface area contributed by atoms with Crippen molar-refractivity contribution in [3.8, 4) is 0 Å². The van der Waals surface area contributed by atoms with Gasteiger partial charge in [-0.15, -0.1) is 13.2 Å². The summed E-state index contributed by atoms with van der Waals surface area (Å²) in [5, 5.41) is 18.5. The molecule has 0 heterocycles. The van der Waals surface area contributed by atoms with Crippen LogP contribution in [0.3, 0.4) is 0 Å². The van der Waals surface area contributed by atoms with Gasteiger partial charge in [0.1, 0.15) is 0 Å². The lowest BCUT2D eigenvalue weighted by Crippen LogP contribution is -1.99. The maximum Gasteiger partial charge on any atom is 0.335 e. The molecule has 0 aliphatic heterocycles. The van der Waals surface area contributed by atoms with Crippen LogP contribution < -0.4 is 0 Å². The molecule has 5 nitrogen and oxygen atoms in total. The molecule has 0 fully saturated rings. The quantitative estimate of drug-likeness (QED) is 0.491. The first kappa shape index (κ1) is 17.2. The lowest BCUT2D eigenvalue weighted by Gasteiger charge is -1.95. The van der Waals surface area contributed by atoms with Crippen molar-refractivity contribution in [2.45, 2.75) is 13.8 Å². The van der Waals surface area contributed by atoms with Crippen molar-refractivity contribution in [2.24, 2.45) is 0 Å². The van der Waals surface area contributed by atoms with Crippen molar-refractivity contribution < 1.29 is 19.2 Å². The Labute approximate surface area is 98.4 Å². The monoisotopic (exact) mass is 243 g/mol. The first-order chi connectivity index (χ1) is 8.02. The Balaban J connectivity index is 0. The van der Waals surface area contributed by atoms with Crippen molar-refractivity contribution in [3.05, 3.63) is 52.9 Å². The summed E-state index contributed by atoms with van der Waals surface area (Å²) in [6.45, 7) is 10.0. The Morgan fingerprint density at radius 1 is 1.41 bits per heavy atom. The second kappa shape index (κ2) is 9.02. The molecule has 0 unspecified atom stereocenters.